The minimum atomic E-state index is -0.359. The molecule has 2 aromatic carbocycles. The lowest BCUT2D eigenvalue weighted by Gasteiger charge is -2.18. The summed E-state index contributed by atoms with van der Waals surface area (Å²) in [6.45, 7) is 6.56. The summed E-state index contributed by atoms with van der Waals surface area (Å²) in [4.78, 5) is 26.7. The van der Waals surface area contributed by atoms with Crippen molar-refractivity contribution in [3.05, 3.63) is 58.6 Å². The van der Waals surface area contributed by atoms with Crippen molar-refractivity contribution in [3.8, 4) is 0 Å². The van der Waals surface area contributed by atoms with Gasteiger partial charge in [-0.2, -0.15) is 0 Å². The highest BCUT2D eigenvalue weighted by Gasteiger charge is 2.35. The van der Waals surface area contributed by atoms with Gasteiger partial charge in [0.05, 0.1) is 5.92 Å². The Morgan fingerprint density at radius 3 is 2.50 bits per heavy atom. The fraction of sp³-hybridized carbons (Fsp3) is 0.333. The van der Waals surface area contributed by atoms with Crippen LogP contribution in [-0.2, 0) is 9.59 Å². The van der Waals surface area contributed by atoms with Crippen LogP contribution in [0.15, 0.2) is 42.5 Å². The van der Waals surface area contributed by atoms with Crippen molar-refractivity contribution in [1.29, 1.82) is 0 Å². The molecule has 1 heterocycles. The normalized spacial score (nSPS) is 17.0. The monoisotopic (exact) mass is 370 g/mol. The molecule has 1 aliphatic heterocycles. The maximum absolute atomic E-state index is 12.6. The van der Waals surface area contributed by atoms with E-state index in [1.165, 1.54) is 5.56 Å². The zero-order chi connectivity index (χ0) is 18.8. The van der Waals surface area contributed by atoms with Gasteiger partial charge in [-0.1, -0.05) is 37.6 Å². The second-order valence-corrected chi connectivity index (χ2v) is 7.54. The summed E-state index contributed by atoms with van der Waals surface area (Å²) in [6, 6.07) is 13.3. The summed E-state index contributed by atoms with van der Waals surface area (Å²) in [5.74, 6) is -0.0674. The van der Waals surface area contributed by atoms with E-state index in [1.807, 2.05) is 31.2 Å². The Kier molecular flexibility index (Phi) is 5.33. The first kappa shape index (κ1) is 18.5. The van der Waals surface area contributed by atoms with Crippen LogP contribution < -0.4 is 10.2 Å². The van der Waals surface area contributed by atoms with Gasteiger partial charge in [-0.3, -0.25) is 9.59 Å². The fourth-order valence-electron chi connectivity index (χ4n) is 3.17. The van der Waals surface area contributed by atoms with Crippen LogP contribution in [0.25, 0.3) is 0 Å². The van der Waals surface area contributed by atoms with E-state index in [2.05, 4.69) is 19.2 Å². The molecule has 0 aliphatic carbocycles. The first-order valence-electron chi connectivity index (χ1n) is 8.82. The summed E-state index contributed by atoms with van der Waals surface area (Å²) in [5, 5.41) is 3.55. The number of amides is 2. The molecule has 1 saturated heterocycles. The predicted molar refractivity (Wildman–Crippen MR) is 106 cm³/mol. The molecule has 2 aromatic rings. The Bertz CT molecular complexity index is 830. The number of nitrogens with one attached hydrogen (secondary N) is 1. The number of hydrogen-bond donors (Lipinski definition) is 1. The molecule has 5 heteroatoms. The molecule has 1 aliphatic rings. The summed E-state index contributed by atoms with van der Waals surface area (Å²) in [6.07, 6.45) is 0.227. The SMILES string of the molecule is Cc1cc(Cl)ccc1NC(=O)C1CC(=O)N(c2ccc(C(C)C)cc2)C1. The molecule has 0 saturated carbocycles. The molecule has 4 nitrogen and oxygen atoms in total. The van der Waals surface area contributed by atoms with Crippen LogP contribution in [-0.4, -0.2) is 18.4 Å². The highest BCUT2D eigenvalue weighted by atomic mass is 35.5. The van der Waals surface area contributed by atoms with Gasteiger partial charge in [-0.15, -0.1) is 0 Å². The number of nitrogens with zero attached hydrogens (tertiary/aromatic N) is 1. The van der Waals surface area contributed by atoms with Crippen LogP contribution in [0.2, 0.25) is 5.02 Å². The van der Waals surface area contributed by atoms with Crippen molar-refractivity contribution >= 4 is 34.8 Å². The number of aryl methyl sites for hydroxylation is 1. The van der Waals surface area contributed by atoms with Gasteiger partial charge in [0.2, 0.25) is 11.8 Å². The topological polar surface area (TPSA) is 49.4 Å². The molecule has 3 rings (SSSR count). The average molecular weight is 371 g/mol. The minimum absolute atomic E-state index is 0.0183. The van der Waals surface area contributed by atoms with Crippen molar-refractivity contribution < 1.29 is 9.59 Å². The molecule has 0 aromatic heterocycles. The number of halogens is 1. The third-order valence-corrected chi connectivity index (χ3v) is 5.05. The number of carbonyl (C=O) groups is 2. The molecule has 136 valence electrons. The van der Waals surface area contributed by atoms with Crippen LogP contribution in [0.3, 0.4) is 0 Å². The standard InChI is InChI=1S/C21H23ClN2O2/c1-13(2)15-4-7-18(8-5-15)24-12-16(11-20(24)25)21(26)23-19-9-6-17(22)10-14(19)3/h4-10,13,16H,11-12H2,1-3H3,(H,23,26). The molecule has 1 unspecified atom stereocenters. The number of rotatable bonds is 4. The first-order chi connectivity index (χ1) is 12.3. The predicted octanol–water partition coefficient (Wildman–Crippen LogP) is 4.76. The molecule has 0 spiro atoms. The van der Waals surface area contributed by atoms with Gasteiger partial charge in [0, 0.05) is 29.4 Å². The van der Waals surface area contributed by atoms with E-state index in [9.17, 15) is 9.59 Å². The van der Waals surface area contributed by atoms with E-state index in [0.29, 0.717) is 17.5 Å². The van der Waals surface area contributed by atoms with Crippen LogP contribution in [0.4, 0.5) is 11.4 Å². The van der Waals surface area contributed by atoms with Crippen molar-refractivity contribution in [2.45, 2.75) is 33.1 Å². The highest BCUT2D eigenvalue weighted by Crippen LogP contribution is 2.28. The highest BCUT2D eigenvalue weighted by molar-refractivity contribution is 6.30. The zero-order valence-electron chi connectivity index (χ0n) is 15.3. The van der Waals surface area contributed by atoms with E-state index >= 15 is 0 Å². The Hall–Kier alpha value is -2.33. The Morgan fingerprint density at radius 2 is 1.88 bits per heavy atom. The Balaban J connectivity index is 1.69. The van der Waals surface area contributed by atoms with Crippen molar-refractivity contribution in [3.63, 3.8) is 0 Å². The number of anilines is 2. The summed E-state index contributed by atoms with van der Waals surface area (Å²) in [5.41, 5.74) is 3.70. The number of carbonyl (C=O) groups excluding carboxylic acids is 2. The Labute approximate surface area is 159 Å². The van der Waals surface area contributed by atoms with Crippen molar-refractivity contribution in [2.75, 3.05) is 16.8 Å². The summed E-state index contributed by atoms with van der Waals surface area (Å²) < 4.78 is 0. The third-order valence-electron chi connectivity index (χ3n) is 4.81. The average Bonchev–Trinajstić information content (AvgIpc) is 2.99. The molecule has 26 heavy (non-hydrogen) atoms. The maximum atomic E-state index is 12.6. The van der Waals surface area contributed by atoms with E-state index in [0.717, 1.165) is 16.9 Å². The lowest BCUT2D eigenvalue weighted by atomic mass is 10.0. The van der Waals surface area contributed by atoms with Crippen LogP contribution in [0, 0.1) is 12.8 Å². The second kappa shape index (κ2) is 7.50. The van der Waals surface area contributed by atoms with E-state index < -0.39 is 0 Å². The smallest absolute Gasteiger partial charge is 0.229 e. The van der Waals surface area contributed by atoms with Crippen molar-refractivity contribution in [1.82, 2.24) is 0 Å². The fourth-order valence-corrected chi connectivity index (χ4v) is 3.40. The summed E-state index contributed by atoms with van der Waals surface area (Å²) in [7, 11) is 0. The van der Waals surface area contributed by atoms with Gasteiger partial charge in [0.1, 0.15) is 0 Å². The number of benzene rings is 2. The second-order valence-electron chi connectivity index (χ2n) is 7.10. The molecule has 1 N–H and O–H groups in total. The molecular weight excluding hydrogens is 348 g/mol. The quantitative estimate of drug-likeness (QED) is 0.843. The van der Waals surface area contributed by atoms with Crippen molar-refractivity contribution in [2.24, 2.45) is 5.92 Å². The molecular formula is C21H23ClN2O2. The lowest BCUT2D eigenvalue weighted by molar-refractivity contribution is -0.122. The summed E-state index contributed by atoms with van der Waals surface area (Å²) >= 11 is 5.95. The largest absolute Gasteiger partial charge is 0.326 e. The lowest BCUT2D eigenvalue weighted by Crippen LogP contribution is -2.28. The van der Waals surface area contributed by atoms with E-state index in [-0.39, 0.29) is 24.2 Å². The van der Waals surface area contributed by atoms with Gasteiger partial charge < -0.3 is 10.2 Å². The van der Waals surface area contributed by atoms with Gasteiger partial charge in [-0.05, 0) is 54.3 Å². The van der Waals surface area contributed by atoms with Gasteiger partial charge >= 0.3 is 0 Å². The van der Waals surface area contributed by atoms with Gasteiger partial charge in [0.25, 0.3) is 0 Å². The van der Waals surface area contributed by atoms with Crippen LogP contribution in [0.1, 0.15) is 37.3 Å². The minimum Gasteiger partial charge on any atom is -0.326 e. The number of hydrogen-bond acceptors (Lipinski definition) is 2. The van der Waals surface area contributed by atoms with E-state index in [1.54, 1.807) is 23.1 Å². The van der Waals surface area contributed by atoms with Crippen LogP contribution >= 0.6 is 11.6 Å². The molecule has 2 amide bonds. The van der Waals surface area contributed by atoms with Gasteiger partial charge in [-0.25, -0.2) is 0 Å². The zero-order valence-corrected chi connectivity index (χ0v) is 16.0. The van der Waals surface area contributed by atoms with E-state index in [4.69, 9.17) is 11.6 Å². The molecule has 1 atom stereocenters. The molecule has 0 bridgehead atoms. The first-order valence-corrected chi connectivity index (χ1v) is 9.20. The Morgan fingerprint density at radius 1 is 1.19 bits per heavy atom. The third kappa shape index (κ3) is 3.91. The maximum Gasteiger partial charge on any atom is 0.229 e. The van der Waals surface area contributed by atoms with Crippen LogP contribution in [0.5, 0.6) is 0 Å². The van der Waals surface area contributed by atoms with Gasteiger partial charge in [0.15, 0.2) is 0 Å². The molecule has 1 fully saturated rings. The molecule has 0 radical (unpaired) electrons.